The zero-order valence-corrected chi connectivity index (χ0v) is 20.2. The number of rotatable bonds is 7. The van der Waals surface area contributed by atoms with Gasteiger partial charge in [-0.1, -0.05) is 37.6 Å². The van der Waals surface area contributed by atoms with E-state index in [0.717, 1.165) is 36.7 Å². The van der Waals surface area contributed by atoms with Gasteiger partial charge in [-0.25, -0.2) is 13.4 Å². The Morgan fingerprint density at radius 2 is 1.90 bits per heavy atom. The first-order valence-corrected chi connectivity index (χ1v) is 14.4. The maximum absolute atomic E-state index is 11.6. The van der Waals surface area contributed by atoms with Crippen LogP contribution in [0.25, 0.3) is 11.3 Å². The molecule has 1 aromatic heterocycles. The van der Waals surface area contributed by atoms with E-state index in [1.165, 1.54) is 24.8 Å². The van der Waals surface area contributed by atoms with Crippen molar-refractivity contribution in [1.82, 2.24) is 19.8 Å². The minimum absolute atomic E-state index is 0.273. The molecular formula is C23H34N4O2S2. The fraction of sp³-hybridized carbons (Fsp3) is 0.609. The molecule has 2 fully saturated rings. The minimum atomic E-state index is -2.83. The number of likely N-dealkylation sites (tertiary alicyclic amines) is 1. The second-order valence-electron chi connectivity index (χ2n) is 8.85. The van der Waals surface area contributed by atoms with Crippen LogP contribution in [-0.4, -0.2) is 77.4 Å². The number of aromatic nitrogens is 2. The molecule has 3 heterocycles. The molecular weight excluding hydrogens is 428 g/mol. The average Bonchev–Trinajstić information content (AvgIpc) is 3.26. The van der Waals surface area contributed by atoms with Crippen molar-refractivity contribution in [2.45, 2.75) is 44.0 Å². The average molecular weight is 463 g/mol. The molecule has 6 nitrogen and oxygen atoms in total. The highest BCUT2D eigenvalue weighted by atomic mass is 32.2. The van der Waals surface area contributed by atoms with E-state index in [2.05, 4.69) is 52.2 Å². The highest BCUT2D eigenvalue weighted by molar-refractivity contribution is 7.99. The number of sulfone groups is 1. The first kappa shape index (κ1) is 22.8. The van der Waals surface area contributed by atoms with Gasteiger partial charge in [0.05, 0.1) is 23.2 Å². The van der Waals surface area contributed by atoms with E-state index in [-0.39, 0.29) is 11.5 Å². The van der Waals surface area contributed by atoms with Crippen molar-refractivity contribution in [1.29, 1.82) is 0 Å². The molecule has 2 aromatic rings. The first-order chi connectivity index (χ1) is 14.9. The van der Waals surface area contributed by atoms with Crippen molar-refractivity contribution in [2.24, 2.45) is 0 Å². The molecule has 1 aromatic carbocycles. The van der Waals surface area contributed by atoms with Gasteiger partial charge in [0.25, 0.3) is 0 Å². The number of aromatic amines is 1. The zero-order chi connectivity index (χ0) is 21.8. The summed E-state index contributed by atoms with van der Waals surface area (Å²) in [7, 11) is -2.83. The van der Waals surface area contributed by atoms with Gasteiger partial charge in [0.1, 0.15) is 5.82 Å². The number of hydrogen-bond donors (Lipinski definition) is 1. The van der Waals surface area contributed by atoms with Gasteiger partial charge in [0.2, 0.25) is 0 Å². The number of nitrogens with one attached hydrogen (secondary N) is 1. The van der Waals surface area contributed by atoms with Crippen LogP contribution in [0.1, 0.15) is 43.6 Å². The van der Waals surface area contributed by atoms with Gasteiger partial charge >= 0.3 is 0 Å². The monoisotopic (exact) mass is 462 g/mol. The normalized spacial score (nSPS) is 23.6. The molecule has 4 rings (SSSR count). The summed E-state index contributed by atoms with van der Waals surface area (Å²) in [5, 5.41) is 0.627. The Balaban J connectivity index is 1.40. The first-order valence-electron chi connectivity index (χ1n) is 11.3. The third-order valence-corrected chi connectivity index (χ3v) is 9.08. The van der Waals surface area contributed by atoms with Gasteiger partial charge in [0, 0.05) is 43.2 Å². The Hall–Kier alpha value is -1.35. The van der Waals surface area contributed by atoms with Gasteiger partial charge in [-0.3, -0.25) is 9.80 Å². The summed E-state index contributed by atoms with van der Waals surface area (Å²) in [6.45, 7) is 6.60. The van der Waals surface area contributed by atoms with E-state index in [0.29, 0.717) is 24.4 Å². The second-order valence-corrected chi connectivity index (χ2v) is 12.4. The van der Waals surface area contributed by atoms with E-state index in [9.17, 15) is 8.42 Å². The van der Waals surface area contributed by atoms with Crippen molar-refractivity contribution in [3.63, 3.8) is 0 Å². The van der Waals surface area contributed by atoms with Crippen LogP contribution in [0.4, 0.5) is 0 Å². The highest BCUT2D eigenvalue weighted by Gasteiger charge is 2.27. The topological polar surface area (TPSA) is 69.3 Å². The lowest BCUT2D eigenvalue weighted by Crippen LogP contribution is -2.39. The molecule has 1 N–H and O–H groups in total. The van der Waals surface area contributed by atoms with Gasteiger partial charge in [-0.15, -0.1) is 0 Å². The maximum atomic E-state index is 11.6. The summed E-state index contributed by atoms with van der Waals surface area (Å²) in [5.74, 6) is 1.63. The van der Waals surface area contributed by atoms with Gasteiger partial charge in [-0.05, 0) is 31.2 Å². The van der Waals surface area contributed by atoms with Crippen molar-refractivity contribution in [3.05, 3.63) is 41.9 Å². The third kappa shape index (κ3) is 5.92. The van der Waals surface area contributed by atoms with Crippen molar-refractivity contribution >= 4 is 21.6 Å². The lowest BCUT2D eigenvalue weighted by atomic mass is 10.0. The van der Waals surface area contributed by atoms with Crippen molar-refractivity contribution in [3.8, 4) is 11.3 Å². The molecule has 2 unspecified atom stereocenters. The number of nitrogens with zero attached hydrogens (tertiary/aromatic N) is 3. The lowest BCUT2D eigenvalue weighted by Gasteiger charge is -2.35. The summed E-state index contributed by atoms with van der Waals surface area (Å²) in [4.78, 5) is 13.2. The number of thioether (sulfide) groups is 1. The summed E-state index contributed by atoms with van der Waals surface area (Å²) in [5.41, 5.74) is 3.32. The van der Waals surface area contributed by atoms with Crippen LogP contribution in [0.5, 0.6) is 0 Å². The van der Waals surface area contributed by atoms with Crippen molar-refractivity contribution < 1.29 is 8.42 Å². The zero-order valence-electron chi connectivity index (χ0n) is 18.6. The van der Waals surface area contributed by atoms with Crippen molar-refractivity contribution in [2.75, 3.05) is 43.9 Å². The molecule has 2 saturated heterocycles. The highest BCUT2D eigenvalue weighted by Crippen LogP contribution is 2.31. The second kappa shape index (κ2) is 10.1. The Labute approximate surface area is 190 Å². The van der Waals surface area contributed by atoms with Gasteiger partial charge < -0.3 is 4.98 Å². The fourth-order valence-corrected chi connectivity index (χ4v) is 6.14. The van der Waals surface area contributed by atoms with Gasteiger partial charge in [-0.2, -0.15) is 11.8 Å². The summed E-state index contributed by atoms with van der Waals surface area (Å²) in [6, 6.07) is 8.92. The smallest absolute Gasteiger partial charge is 0.152 e. The molecule has 2 aliphatic heterocycles. The summed E-state index contributed by atoms with van der Waals surface area (Å²) < 4.78 is 23.2. The Morgan fingerprint density at radius 3 is 2.61 bits per heavy atom. The predicted molar refractivity (Wildman–Crippen MR) is 129 cm³/mol. The maximum Gasteiger partial charge on any atom is 0.152 e. The summed E-state index contributed by atoms with van der Waals surface area (Å²) in [6.07, 6.45) is 7.92. The Kier molecular flexibility index (Phi) is 7.41. The molecule has 2 atom stereocenters. The van der Waals surface area contributed by atoms with Gasteiger partial charge in [0.15, 0.2) is 9.84 Å². The van der Waals surface area contributed by atoms with E-state index >= 15 is 0 Å². The number of benzene rings is 1. The van der Waals surface area contributed by atoms with E-state index < -0.39 is 9.84 Å². The Bertz CT molecular complexity index is 944. The Morgan fingerprint density at radius 1 is 1.16 bits per heavy atom. The van der Waals surface area contributed by atoms with Crippen LogP contribution in [0.15, 0.2) is 30.5 Å². The molecule has 0 bridgehead atoms. The molecule has 0 spiro atoms. The van der Waals surface area contributed by atoms with Crippen LogP contribution < -0.4 is 0 Å². The molecule has 2 aliphatic rings. The molecule has 0 saturated carbocycles. The number of hydrogen-bond acceptors (Lipinski definition) is 6. The predicted octanol–water partition coefficient (Wildman–Crippen LogP) is 3.59. The lowest BCUT2D eigenvalue weighted by molar-refractivity contribution is 0.145. The minimum Gasteiger partial charge on any atom is -0.347 e. The molecule has 31 heavy (non-hydrogen) atoms. The van der Waals surface area contributed by atoms with E-state index in [4.69, 9.17) is 4.98 Å². The molecule has 0 amide bonds. The van der Waals surface area contributed by atoms with E-state index in [1.807, 2.05) is 18.0 Å². The fourth-order valence-electron chi connectivity index (χ4n) is 4.53. The quantitative estimate of drug-likeness (QED) is 0.678. The van der Waals surface area contributed by atoms with Crippen LogP contribution >= 0.6 is 11.8 Å². The van der Waals surface area contributed by atoms with Crippen LogP contribution in [0.2, 0.25) is 0 Å². The third-order valence-electron chi connectivity index (χ3n) is 6.51. The number of imidazole rings is 1. The number of piperidine rings is 1. The SMILES string of the molecule is CSC(C)CN1CCCCC1c1nc(-c2ccc(CN3CCS(=O)(=O)CC3)cc2)c[nH]1. The summed E-state index contributed by atoms with van der Waals surface area (Å²) >= 11 is 1.93. The molecule has 0 aliphatic carbocycles. The van der Waals surface area contributed by atoms with Crippen LogP contribution in [-0.2, 0) is 16.4 Å². The largest absolute Gasteiger partial charge is 0.347 e. The van der Waals surface area contributed by atoms with E-state index in [1.54, 1.807) is 0 Å². The molecule has 0 radical (unpaired) electrons. The van der Waals surface area contributed by atoms with Crippen LogP contribution in [0.3, 0.4) is 0 Å². The van der Waals surface area contributed by atoms with Crippen LogP contribution in [0, 0.1) is 0 Å². The molecule has 8 heteroatoms. The molecule has 170 valence electrons. The number of H-pyrrole nitrogens is 1. The standard InChI is InChI=1S/C23H34N4O2S2/c1-18(30-2)16-27-10-4-3-5-22(27)23-24-15-21(25-23)20-8-6-19(7-9-20)17-26-11-13-31(28,29)14-12-26/h6-9,15,18,22H,3-5,10-14,16-17H2,1-2H3,(H,24,25).